The number of carbonyl (C=O) groups excluding carboxylic acids is 2. The molecule has 1 aliphatic heterocycles. The number of carbonyl (C=O) groups is 2. The van der Waals surface area contributed by atoms with Crippen LogP contribution in [0.1, 0.15) is 34.3 Å². The van der Waals surface area contributed by atoms with Gasteiger partial charge in [0.25, 0.3) is 0 Å². The molecule has 1 saturated heterocycles. The summed E-state index contributed by atoms with van der Waals surface area (Å²) in [6.07, 6.45) is 1.83. The molecule has 1 heterocycles. The summed E-state index contributed by atoms with van der Waals surface area (Å²) in [4.78, 5) is 25.9. The van der Waals surface area contributed by atoms with Crippen LogP contribution in [-0.4, -0.2) is 36.0 Å². The largest absolute Gasteiger partial charge is 0.366 e. The molecule has 1 aliphatic rings. The second kappa shape index (κ2) is 8.68. The summed E-state index contributed by atoms with van der Waals surface area (Å²) in [7, 11) is 0. The van der Waals surface area contributed by atoms with Gasteiger partial charge in [0.1, 0.15) is 0 Å². The van der Waals surface area contributed by atoms with E-state index in [1.54, 1.807) is 24.3 Å². The number of anilines is 1. The number of hydrogen-bond donors (Lipinski definition) is 3. The molecular weight excluding hydrogens is 340 g/mol. The Hall–Kier alpha value is -2.86. The van der Waals surface area contributed by atoms with Crippen molar-refractivity contribution in [2.75, 3.05) is 18.4 Å². The van der Waals surface area contributed by atoms with Crippen molar-refractivity contribution < 1.29 is 9.59 Å². The minimum atomic E-state index is -0.514. The molecule has 2 aromatic rings. The number of piperidine rings is 1. The van der Waals surface area contributed by atoms with E-state index < -0.39 is 5.91 Å². The van der Waals surface area contributed by atoms with Crippen molar-refractivity contribution in [2.45, 2.75) is 32.4 Å². The molecule has 0 saturated carbocycles. The molecule has 0 bridgehead atoms. The molecule has 0 radical (unpaired) electrons. The number of hydrogen-bond acceptors (Lipinski definition) is 3. The smallest absolute Gasteiger partial charge is 0.319 e. The number of amides is 3. The Kier molecular flexibility index (Phi) is 6.08. The summed E-state index contributed by atoms with van der Waals surface area (Å²) in [6, 6.07) is 15.0. The maximum absolute atomic E-state index is 12.2. The molecule has 6 heteroatoms. The number of nitrogens with two attached hydrogens (primary N) is 1. The predicted molar refractivity (Wildman–Crippen MR) is 107 cm³/mol. The third kappa shape index (κ3) is 5.31. The van der Waals surface area contributed by atoms with Gasteiger partial charge < -0.3 is 16.4 Å². The molecule has 0 unspecified atom stereocenters. The van der Waals surface area contributed by atoms with E-state index in [2.05, 4.69) is 46.7 Å². The third-order valence-corrected chi connectivity index (χ3v) is 4.98. The quantitative estimate of drug-likeness (QED) is 0.760. The minimum Gasteiger partial charge on any atom is -0.366 e. The molecule has 27 heavy (non-hydrogen) atoms. The van der Waals surface area contributed by atoms with Gasteiger partial charge >= 0.3 is 6.03 Å². The highest BCUT2D eigenvalue weighted by atomic mass is 16.2. The van der Waals surface area contributed by atoms with E-state index in [0.717, 1.165) is 32.5 Å². The molecule has 3 amide bonds. The van der Waals surface area contributed by atoms with E-state index in [9.17, 15) is 9.59 Å². The molecule has 4 N–H and O–H groups in total. The summed E-state index contributed by atoms with van der Waals surface area (Å²) in [5.41, 5.74) is 8.87. The van der Waals surface area contributed by atoms with Crippen molar-refractivity contribution in [3.63, 3.8) is 0 Å². The maximum atomic E-state index is 12.2. The van der Waals surface area contributed by atoms with Crippen LogP contribution in [0.25, 0.3) is 0 Å². The monoisotopic (exact) mass is 366 g/mol. The molecule has 142 valence electrons. The Balaban J connectivity index is 1.46. The molecule has 0 aromatic heterocycles. The van der Waals surface area contributed by atoms with Crippen molar-refractivity contribution in [2.24, 2.45) is 5.73 Å². The van der Waals surface area contributed by atoms with Crippen molar-refractivity contribution in [1.82, 2.24) is 10.2 Å². The molecule has 2 aromatic carbocycles. The number of primary amides is 1. The molecule has 0 aliphatic carbocycles. The van der Waals surface area contributed by atoms with Gasteiger partial charge in [0.05, 0.1) is 0 Å². The Labute approximate surface area is 159 Å². The van der Waals surface area contributed by atoms with E-state index in [4.69, 9.17) is 5.73 Å². The van der Waals surface area contributed by atoms with Crippen molar-refractivity contribution >= 4 is 17.6 Å². The fraction of sp³-hybridized carbons (Fsp3) is 0.333. The van der Waals surface area contributed by atoms with E-state index in [0.29, 0.717) is 11.3 Å². The van der Waals surface area contributed by atoms with Gasteiger partial charge in [0.2, 0.25) is 5.91 Å². The normalized spacial score (nSPS) is 15.3. The van der Waals surface area contributed by atoms with Gasteiger partial charge in [-0.25, -0.2) is 4.79 Å². The van der Waals surface area contributed by atoms with E-state index in [-0.39, 0.29) is 12.1 Å². The van der Waals surface area contributed by atoms with E-state index in [1.807, 2.05) is 0 Å². The second-order valence-corrected chi connectivity index (χ2v) is 7.02. The molecule has 3 rings (SSSR count). The van der Waals surface area contributed by atoms with Crippen LogP contribution in [0.2, 0.25) is 0 Å². The first-order valence-electron chi connectivity index (χ1n) is 9.25. The van der Waals surface area contributed by atoms with Crippen molar-refractivity contribution in [3.05, 3.63) is 65.2 Å². The van der Waals surface area contributed by atoms with Gasteiger partial charge in [0, 0.05) is 36.9 Å². The van der Waals surface area contributed by atoms with Gasteiger partial charge in [-0.05, 0) is 49.1 Å². The van der Waals surface area contributed by atoms with Gasteiger partial charge in [-0.15, -0.1) is 0 Å². The predicted octanol–water partition coefficient (Wildman–Crippen LogP) is 2.88. The number of nitrogens with one attached hydrogen (secondary N) is 2. The lowest BCUT2D eigenvalue weighted by Crippen LogP contribution is -2.45. The third-order valence-electron chi connectivity index (χ3n) is 4.98. The van der Waals surface area contributed by atoms with Crippen LogP contribution in [0.5, 0.6) is 0 Å². The first kappa shape index (κ1) is 18.9. The number of aryl methyl sites for hydroxylation is 1. The van der Waals surface area contributed by atoms with Gasteiger partial charge in [-0.2, -0.15) is 0 Å². The summed E-state index contributed by atoms with van der Waals surface area (Å²) in [6.45, 7) is 5.00. The van der Waals surface area contributed by atoms with Crippen molar-refractivity contribution in [1.29, 1.82) is 0 Å². The summed E-state index contributed by atoms with van der Waals surface area (Å²) in [5, 5.41) is 5.79. The van der Waals surface area contributed by atoms with Crippen LogP contribution in [0.3, 0.4) is 0 Å². The minimum absolute atomic E-state index is 0.150. The highest BCUT2D eigenvalue weighted by Crippen LogP contribution is 2.16. The fourth-order valence-corrected chi connectivity index (χ4v) is 3.37. The molecule has 0 spiro atoms. The average Bonchev–Trinajstić information content (AvgIpc) is 2.65. The average molecular weight is 366 g/mol. The van der Waals surface area contributed by atoms with Gasteiger partial charge in [-0.3, -0.25) is 9.69 Å². The zero-order valence-electron chi connectivity index (χ0n) is 15.6. The number of urea groups is 1. The van der Waals surface area contributed by atoms with Crippen LogP contribution in [0.15, 0.2) is 48.5 Å². The Morgan fingerprint density at radius 1 is 1.11 bits per heavy atom. The van der Waals surface area contributed by atoms with Gasteiger partial charge in [-0.1, -0.05) is 30.3 Å². The lowest BCUT2D eigenvalue weighted by atomic mass is 10.0. The Morgan fingerprint density at radius 3 is 2.56 bits per heavy atom. The summed E-state index contributed by atoms with van der Waals surface area (Å²) in [5.74, 6) is -0.514. The van der Waals surface area contributed by atoms with Crippen molar-refractivity contribution in [3.8, 4) is 0 Å². The maximum Gasteiger partial charge on any atom is 0.319 e. The Bertz CT molecular complexity index is 813. The fourth-order valence-electron chi connectivity index (χ4n) is 3.37. The Morgan fingerprint density at radius 2 is 1.85 bits per heavy atom. The SMILES string of the molecule is Cc1ccccc1CN1CCC(NC(=O)Nc2cccc(C(N)=O)c2)CC1. The number of benzene rings is 2. The lowest BCUT2D eigenvalue weighted by molar-refractivity contribution is 0.1000. The first-order chi connectivity index (χ1) is 13.0. The molecule has 0 atom stereocenters. The number of likely N-dealkylation sites (tertiary alicyclic amines) is 1. The van der Waals surface area contributed by atoms with Crippen LogP contribution in [-0.2, 0) is 6.54 Å². The molecular formula is C21H26N4O2. The highest BCUT2D eigenvalue weighted by Gasteiger charge is 2.21. The van der Waals surface area contributed by atoms with Crippen LogP contribution < -0.4 is 16.4 Å². The van der Waals surface area contributed by atoms with Gasteiger partial charge in [0.15, 0.2) is 0 Å². The van der Waals surface area contributed by atoms with E-state index >= 15 is 0 Å². The summed E-state index contributed by atoms with van der Waals surface area (Å²) < 4.78 is 0. The molecule has 1 fully saturated rings. The topological polar surface area (TPSA) is 87.5 Å². The van der Waals surface area contributed by atoms with Crippen LogP contribution in [0.4, 0.5) is 10.5 Å². The lowest BCUT2D eigenvalue weighted by Gasteiger charge is -2.32. The zero-order valence-corrected chi connectivity index (χ0v) is 15.6. The number of rotatable bonds is 5. The first-order valence-corrected chi connectivity index (χ1v) is 9.25. The summed E-state index contributed by atoms with van der Waals surface area (Å²) >= 11 is 0. The van der Waals surface area contributed by atoms with E-state index in [1.165, 1.54) is 11.1 Å². The standard InChI is InChI=1S/C21H26N4O2/c1-15-5-2-3-6-17(15)14-25-11-9-18(10-12-25)23-21(27)24-19-8-4-7-16(13-19)20(22)26/h2-8,13,18H,9-12,14H2,1H3,(H2,22,26)(H2,23,24,27). The highest BCUT2D eigenvalue weighted by molar-refractivity contribution is 5.95. The van der Waals surface area contributed by atoms with Crippen LogP contribution in [0, 0.1) is 6.92 Å². The zero-order chi connectivity index (χ0) is 19.2. The molecule has 6 nitrogen and oxygen atoms in total. The van der Waals surface area contributed by atoms with Crippen LogP contribution >= 0.6 is 0 Å². The second-order valence-electron chi connectivity index (χ2n) is 7.02. The number of nitrogens with zero attached hydrogens (tertiary/aromatic N) is 1.